The fraction of sp³-hybridized carbons (Fsp3) is 0.250. The molecule has 1 N–H and O–H groups in total. The second-order valence-electron chi connectivity index (χ2n) is 6.46. The monoisotopic (exact) mass is 369 g/mol. The maximum atomic E-state index is 12.3. The summed E-state index contributed by atoms with van der Waals surface area (Å²) in [6, 6.07) is 13.0. The van der Waals surface area contributed by atoms with Gasteiger partial charge >= 0.3 is 0 Å². The van der Waals surface area contributed by atoms with Gasteiger partial charge in [-0.15, -0.1) is 0 Å². The third-order valence-corrected chi connectivity index (χ3v) is 4.81. The highest BCUT2D eigenvalue weighted by atomic mass is 35.5. The van der Waals surface area contributed by atoms with Crippen molar-refractivity contribution in [2.45, 2.75) is 20.3 Å². The van der Waals surface area contributed by atoms with Crippen LogP contribution in [-0.2, 0) is 9.59 Å². The molecule has 0 radical (unpaired) electrons. The second kappa shape index (κ2) is 7.70. The van der Waals surface area contributed by atoms with Crippen molar-refractivity contribution in [3.63, 3.8) is 0 Å². The van der Waals surface area contributed by atoms with E-state index in [0.29, 0.717) is 11.6 Å². The number of benzene rings is 2. The van der Waals surface area contributed by atoms with Crippen molar-refractivity contribution in [3.05, 3.63) is 64.2 Å². The molecule has 0 aromatic heterocycles. The van der Waals surface area contributed by atoms with E-state index in [1.54, 1.807) is 35.4 Å². The summed E-state index contributed by atoms with van der Waals surface area (Å²) in [5.74, 6) is -0.712. The zero-order valence-corrected chi connectivity index (χ0v) is 15.5. The van der Waals surface area contributed by atoms with Gasteiger partial charge in [0.1, 0.15) is 0 Å². The zero-order valence-electron chi connectivity index (χ0n) is 14.7. The lowest BCUT2D eigenvalue weighted by atomic mass is 10.1. The first-order valence-corrected chi connectivity index (χ1v) is 8.78. The van der Waals surface area contributed by atoms with Gasteiger partial charge in [-0.2, -0.15) is 5.10 Å². The number of anilines is 1. The fourth-order valence-corrected chi connectivity index (χ4v) is 2.96. The molecular formula is C20H20ClN3O2. The Kier molecular flexibility index (Phi) is 5.38. The van der Waals surface area contributed by atoms with E-state index >= 15 is 0 Å². The van der Waals surface area contributed by atoms with Gasteiger partial charge in [0.25, 0.3) is 0 Å². The van der Waals surface area contributed by atoms with Crippen LogP contribution >= 0.6 is 11.6 Å². The van der Waals surface area contributed by atoms with Crippen molar-refractivity contribution < 1.29 is 9.59 Å². The Hall–Kier alpha value is -2.66. The van der Waals surface area contributed by atoms with Crippen LogP contribution in [0.25, 0.3) is 0 Å². The highest BCUT2D eigenvalue weighted by Crippen LogP contribution is 2.26. The molecule has 1 atom stereocenters. The van der Waals surface area contributed by atoms with E-state index in [1.807, 2.05) is 32.0 Å². The van der Waals surface area contributed by atoms with Gasteiger partial charge in [0.15, 0.2) is 0 Å². The largest absolute Gasteiger partial charge is 0.312 e. The van der Waals surface area contributed by atoms with Crippen molar-refractivity contribution in [2.75, 3.05) is 11.4 Å². The van der Waals surface area contributed by atoms with Crippen LogP contribution in [0, 0.1) is 19.8 Å². The molecule has 1 aliphatic heterocycles. The van der Waals surface area contributed by atoms with Crippen LogP contribution in [-0.4, -0.2) is 24.6 Å². The van der Waals surface area contributed by atoms with Gasteiger partial charge in [-0.05, 0) is 54.8 Å². The van der Waals surface area contributed by atoms with Gasteiger partial charge in [-0.1, -0.05) is 29.8 Å². The van der Waals surface area contributed by atoms with Crippen molar-refractivity contribution in [1.29, 1.82) is 0 Å². The third kappa shape index (κ3) is 4.11. The molecule has 5 nitrogen and oxygen atoms in total. The summed E-state index contributed by atoms with van der Waals surface area (Å²) >= 11 is 5.83. The minimum absolute atomic E-state index is 0.0462. The molecule has 1 fully saturated rings. The van der Waals surface area contributed by atoms with Crippen molar-refractivity contribution in [1.82, 2.24) is 5.43 Å². The quantitative estimate of drug-likeness (QED) is 0.662. The molecule has 0 spiro atoms. The number of hydrogen-bond acceptors (Lipinski definition) is 3. The van der Waals surface area contributed by atoms with Gasteiger partial charge in [-0.3, -0.25) is 9.59 Å². The van der Waals surface area contributed by atoms with Gasteiger partial charge in [0.2, 0.25) is 11.8 Å². The average molecular weight is 370 g/mol. The first-order valence-electron chi connectivity index (χ1n) is 8.40. The number of hydrogen-bond donors (Lipinski definition) is 1. The zero-order chi connectivity index (χ0) is 18.7. The number of carbonyl (C=O) groups is 2. The van der Waals surface area contributed by atoms with E-state index in [-0.39, 0.29) is 18.2 Å². The maximum Gasteiger partial charge on any atom is 0.245 e. The molecule has 0 bridgehead atoms. The molecule has 2 aromatic rings. The Morgan fingerprint density at radius 3 is 2.62 bits per heavy atom. The number of aryl methyl sites for hydroxylation is 2. The first kappa shape index (κ1) is 18.1. The Balaban J connectivity index is 1.61. The first-order chi connectivity index (χ1) is 12.4. The normalized spacial score (nSPS) is 17.1. The van der Waals surface area contributed by atoms with E-state index < -0.39 is 5.92 Å². The minimum atomic E-state index is -0.411. The Morgan fingerprint density at radius 1 is 1.19 bits per heavy atom. The van der Waals surface area contributed by atoms with E-state index in [4.69, 9.17) is 11.6 Å². The molecule has 0 unspecified atom stereocenters. The van der Waals surface area contributed by atoms with Crippen LogP contribution < -0.4 is 10.3 Å². The van der Waals surface area contributed by atoms with Crippen LogP contribution in [0.3, 0.4) is 0 Å². The van der Waals surface area contributed by atoms with Crippen LogP contribution in [0.4, 0.5) is 5.69 Å². The van der Waals surface area contributed by atoms with Crippen LogP contribution in [0.15, 0.2) is 47.6 Å². The number of amides is 2. The maximum absolute atomic E-state index is 12.3. The topological polar surface area (TPSA) is 61.8 Å². The van der Waals surface area contributed by atoms with Crippen LogP contribution in [0.1, 0.15) is 23.1 Å². The summed E-state index contributed by atoms with van der Waals surface area (Å²) in [6.07, 6.45) is 1.74. The Bertz CT molecular complexity index is 862. The third-order valence-electron chi connectivity index (χ3n) is 4.56. The predicted octanol–water partition coefficient (Wildman–Crippen LogP) is 3.46. The Morgan fingerprint density at radius 2 is 1.92 bits per heavy atom. The standard InChI is InChI=1S/C20H20ClN3O2/c1-13-3-8-18(9-14(13)2)24-12-16(10-19(24)25)20(26)23-22-11-15-4-6-17(21)7-5-15/h3-9,11,16H,10,12H2,1-2H3,(H,23,26)/b22-11-/t16-/m1/s1. The summed E-state index contributed by atoms with van der Waals surface area (Å²) in [5, 5.41) is 4.61. The minimum Gasteiger partial charge on any atom is -0.312 e. The van der Waals surface area contributed by atoms with E-state index in [1.165, 1.54) is 5.56 Å². The SMILES string of the molecule is Cc1ccc(N2C[C@H](C(=O)N/N=C\c3ccc(Cl)cc3)CC2=O)cc1C. The predicted molar refractivity (Wildman–Crippen MR) is 104 cm³/mol. The highest BCUT2D eigenvalue weighted by Gasteiger charge is 2.35. The number of halogens is 1. The number of rotatable bonds is 4. The highest BCUT2D eigenvalue weighted by molar-refractivity contribution is 6.30. The van der Waals surface area contributed by atoms with E-state index in [2.05, 4.69) is 10.5 Å². The molecule has 3 rings (SSSR count). The number of hydrazone groups is 1. The molecule has 134 valence electrons. The van der Waals surface area contributed by atoms with Crippen molar-refractivity contribution >= 4 is 35.3 Å². The summed E-state index contributed by atoms with van der Waals surface area (Å²) in [6.45, 7) is 4.40. The molecule has 26 heavy (non-hydrogen) atoms. The van der Waals surface area contributed by atoms with Crippen molar-refractivity contribution in [2.24, 2.45) is 11.0 Å². The molecule has 0 saturated carbocycles. The molecular weight excluding hydrogens is 350 g/mol. The van der Waals surface area contributed by atoms with Gasteiger partial charge in [-0.25, -0.2) is 5.43 Å². The van der Waals surface area contributed by atoms with Gasteiger partial charge in [0, 0.05) is 23.7 Å². The van der Waals surface area contributed by atoms with Crippen LogP contribution in [0.2, 0.25) is 5.02 Å². The number of nitrogens with zero attached hydrogens (tertiary/aromatic N) is 2. The lowest BCUT2D eigenvalue weighted by Gasteiger charge is -2.17. The molecule has 2 aromatic carbocycles. The lowest BCUT2D eigenvalue weighted by Crippen LogP contribution is -2.30. The second-order valence-corrected chi connectivity index (χ2v) is 6.90. The molecule has 2 amide bonds. The van der Waals surface area contributed by atoms with E-state index in [0.717, 1.165) is 16.8 Å². The molecule has 0 aliphatic carbocycles. The number of nitrogens with one attached hydrogen (secondary N) is 1. The lowest BCUT2D eigenvalue weighted by molar-refractivity contribution is -0.126. The van der Waals surface area contributed by atoms with Gasteiger partial charge < -0.3 is 4.90 Å². The molecule has 6 heteroatoms. The fourth-order valence-electron chi connectivity index (χ4n) is 2.84. The summed E-state index contributed by atoms with van der Waals surface area (Å²) in [5.41, 5.74) is 6.47. The Labute approximate surface area is 157 Å². The molecule has 1 aliphatic rings. The summed E-state index contributed by atoms with van der Waals surface area (Å²) in [4.78, 5) is 26.3. The van der Waals surface area contributed by atoms with Crippen LogP contribution in [0.5, 0.6) is 0 Å². The van der Waals surface area contributed by atoms with Crippen molar-refractivity contribution in [3.8, 4) is 0 Å². The van der Waals surface area contributed by atoms with E-state index in [9.17, 15) is 9.59 Å². The number of carbonyl (C=O) groups excluding carboxylic acids is 2. The smallest absolute Gasteiger partial charge is 0.245 e. The summed E-state index contributed by atoms with van der Waals surface area (Å²) in [7, 11) is 0. The summed E-state index contributed by atoms with van der Waals surface area (Å²) < 4.78 is 0. The molecule has 1 heterocycles. The molecule has 1 saturated heterocycles. The van der Waals surface area contributed by atoms with Gasteiger partial charge in [0.05, 0.1) is 12.1 Å². The average Bonchev–Trinajstić information content (AvgIpc) is 3.01.